The van der Waals surface area contributed by atoms with E-state index in [0.717, 1.165) is 58.4 Å². The van der Waals surface area contributed by atoms with Crippen molar-refractivity contribution in [3.63, 3.8) is 0 Å². The molecule has 3 aromatic rings. The predicted molar refractivity (Wildman–Crippen MR) is 124 cm³/mol. The maximum atomic E-state index is 12.9. The number of nitrogens with one attached hydrogen (secondary N) is 2. The van der Waals surface area contributed by atoms with Gasteiger partial charge in [0.1, 0.15) is 15.5 Å². The lowest BCUT2D eigenvalue weighted by Gasteiger charge is -2.25. The Labute approximate surface area is 193 Å². The van der Waals surface area contributed by atoms with Gasteiger partial charge in [-0.3, -0.25) is 20.4 Å². The fourth-order valence-electron chi connectivity index (χ4n) is 3.81. The van der Waals surface area contributed by atoms with Gasteiger partial charge in [0.25, 0.3) is 11.8 Å². The molecule has 3 aromatic heterocycles. The number of nitrogens with zero attached hydrogens (tertiary/aromatic N) is 4. The largest absolute Gasteiger partial charge is 0.378 e. The van der Waals surface area contributed by atoms with Crippen molar-refractivity contribution in [3.8, 4) is 0 Å². The minimum atomic E-state index is -0.376. The molecule has 0 atom stereocenters. The summed E-state index contributed by atoms with van der Waals surface area (Å²) in [6, 6.07) is 0. The van der Waals surface area contributed by atoms with E-state index >= 15 is 0 Å². The summed E-state index contributed by atoms with van der Waals surface area (Å²) in [5, 5.41) is 1.72. The number of hydrogen-bond acceptors (Lipinski definition) is 9. The highest BCUT2D eigenvalue weighted by Crippen LogP contribution is 2.40. The molecule has 168 valence electrons. The van der Waals surface area contributed by atoms with Crippen LogP contribution in [0.5, 0.6) is 0 Å². The van der Waals surface area contributed by atoms with Crippen LogP contribution in [0, 0.1) is 20.8 Å². The number of carbonyl (C=O) groups is 2. The second kappa shape index (κ2) is 8.38. The molecule has 1 saturated heterocycles. The van der Waals surface area contributed by atoms with Crippen molar-refractivity contribution in [2.45, 2.75) is 39.5 Å². The van der Waals surface area contributed by atoms with Crippen LogP contribution in [0.1, 0.15) is 60.9 Å². The third-order valence-corrected chi connectivity index (χ3v) is 8.10. The summed E-state index contributed by atoms with van der Waals surface area (Å²) in [7, 11) is 0. The smallest absolute Gasteiger partial charge is 0.281 e. The van der Waals surface area contributed by atoms with Gasteiger partial charge in [-0.25, -0.2) is 15.0 Å². The number of ether oxygens (including phenoxy) is 1. The Hall–Kier alpha value is -2.63. The molecule has 32 heavy (non-hydrogen) atoms. The number of anilines is 1. The van der Waals surface area contributed by atoms with Crippen LogP contribution in [-0.2, 0) is 4.74 Å². The molecule has 0 spiro atoms. The van der Waals surface area contributed by atoms with Gasteiger partial charge in [0.15, 0.2) is 5.13 Å². The standard InChI is InChI=1S/C21H24N6O3S2/c1-10-14-11(2)22-17(13-4-5-13)24-20(14)31-15(10)18(28)25-26-19(29)16-12(3)23-21(32-16)27-6-8-30-9-7-27/h13H,4-9H2,1-3H3,(H,25,28)(H,26,29). The Bertz CT molecular complexity index is 1210. The van der Waals surface area contributed by atoms with Crippen LogP contribution in [0.3, 0.4) is 0 Å². The molecule has 0 bridgehead atoms. The van der Waals surface area contributed by atoms with Gasteiger partial charge in [0, 0.05) is 24.4 Å². The first kappa shape index (κ1) is 21.2. The summed E-state index contributed by atoms with van der Waals surface area (Å²) >= 11 is 2.66. The SMILES string of the molecule is Cc1nc(N2CCOCC2)sc1C(=O)NNC(=O)c1sc2nc(C3CC3)nc(C)c2c1C. The molecular formula is C21H24N6O3S2. The Kier molecular flexibility index (Phi) is 5.56. The van der Waals surface area contributed by atoms with Crippen molar-refractivity contribution < 1.29 is 14.3 Å². The van der Waals surface area contributed by atoms with Crippen LogP contribution in [0.15, 0.2) is 0 Å². The third-order valence-electron chi connectivity index (χ3n) is 5.70. The number of aryl methyl sites for hydroxylation is 3. The van der Waals surface area contributed by atoms with Crippen molar-refractivity contribution in [1.29, 1.82) is 0 Å². The normalized spacial score (nSPS) is 16.4. The molecule has 2 N–H and O–H groups in total. The quantitative estimate of drug-likeness (QED) is 0.562. The first-order chi connectivity index (χ1) is 15.4. The maximum Gasteiger partial charge on any atom is 0.281 e. The highest BCUT2D eigenvalue weighted by Gasteiger charge is 2.29. The zero-order valence-electron chi connectivity index (χ0n) is 18.2. The first-order valence-corrected chi connectivity index (χ1v) is 12.2. The van der Waals surface area contributed by atoms with Crippen molar-refractivity contribution in [3.05, 3.63) is 32.5 Å². The summed E-state index contributed by atoms with van der Waals surface area (Å²) < 4.78 is 5.37. The number of rotatable bonds is 4. The minimum absolute atomic E-state index is 0.359. The van der Waals surface area contributed by atoms with Gasteiger partial charge in [-0.15, -0.1) is 11.3 Å². The van der Waals surface area contributed by atoms with E-state index < -0.39 is 0 Å². The van der Waals surface area contributed by atoms with Gasteiger partial charge in [-0.05, 0) is 39.2 Å². The fraction of sp³-hybridized carbons (Fsp3) is 0.476. The van der Waals surface area contributed by atoms with Crippen LogP contribution in [0.2, 0.25) is 0 Å². The van der Waals surface area contributed by atoms with Crippen LogP contribution < -0.4 is 15.8 Å². The van der Waals surface area contributed by atoms with E-state index in [1.54, 1.807) is 6.92 Å². The van der Waals surface area contributed by atoms with Gasteiger partial charge in [0.2, 0.25) is 0 Å². The molecule has 1 aliphatic carbocycles. The maximum absolute atomic E-state index is 12.9. The topological polar surface area (TPSA) is 109 Å². The zero-order chi connectivity index (χ0) is 22.4. The fourth-order valence-corrected chi connectivity index (χ4v) is 5.96. The molecule has 4 heterocycles. The van der Waals surface area contributed by atoms with Crippen molar-refractivity contribution in [2.24, 2.45) is 0 Å². The monoisotopic (exact) mass is 472 g/mol. The first-order valence-electron chi connectivity index (χ1n) is 10.6. The van der Waals surface area contributed by atoms with Crippen LogP contribution in [0.4, 0.5) is 5.13 Å². The predicted octanol–water partition coefficient (Wildman–Crippen LogP) is 2.86. The van der Waals surface area contributed by atoms with Crippen LogP contribution >= 0.6 is 22.7 Å². The summed E-state index contributed by atoms with van der Waals surface area (Å²) in [6.07, 6.45) is 2.25. The van der Waals surface area contributed by atoms with E-state index in [1.807, 2.05) is 13.8 Å². The number of morpholine rings is 1. The molecule has 1 saturated carbocycles. The zero-order valence-corrected chi connectivity index (χ0v) is 19.8. The van der Waals surface area contributed by atoms with Crippen LogP contribution in [0.25, 0.3) is 10.2 Å². The molecule has 2 aliphatic rings. The second-order valence-corrected chi connectivity index (χ2v) is 10.1. The molecule has 11 heteroatoms. The van der Waals surface area contributed by atoms with Gasteiger partial charge in [-0.2, -0.15) is 0 Å². The summed E-state index contributed by atoms with van der Waals surface area (Å²) in [6.45, 7) is 8.45. The number of hydrogen-bond donors (Lipinski definition) is 2. The van der Waals surface area contributed by atoms with Gasteiger partial charge in [-0.1, -0.05) is 11.3 Å². The molecule has 1 aliphatic heterocycles. The number of thiazole rings is 1. The molecule has 9 nitrogen and oxygen atoms in total. The van der Waals surface area contributed by atoms with Crippen LogP contribution in [-0.4, -0.2) is 53.1 Å². The van der Waals surface area contributed by atoms with Gasteiger partial charge in [0.05, 0.1) is 29.5 Å². The lowest BCUT2D eigenvalue weighted by molar-refractivity contribution is 0.0850. The molecule has 0 radical (unpaired) electrons. The van der Waals surface area contributed by atoms with Gasteiger partial charge < -0.3 is 9.64 Å². The number of aromatic nitrogens is 3. The number of carbonyl (C=O) groups excluding carboxylic acids is 2. The van der Waals surface area contributed by atoms with E-state index in [1.165, 1.54) is 22.7 Å². The van der Waals surface area contributed by atoms with E-state index in [0.29, 0.717) is 34.6 Å². The highest BCUT2D eigenvalue weighted by atomic mass is 32.1. The van der Waals surface area contributed by atoms with Gasteiger partial charge >= 0.3 is 0 Å². The molecular weight excluding hydrogens is 448 g/mol. The number of amides is 2. The number of hydrazine groups is 1. The minimum Gasteiger partial charge on any atom is -0.378 e. The van der Waals surface area contributed by atoms with Crippen molar-refractivity contribution >= 4 is 49.8 Å². The van der Waals surface area contributed by atoms with E-state index in [4.69, 9.17) is 4.74 Å². The molecule has 2 amide bonds. The lowest BCUT2D eigenvalue weighted by Crippen LogP contribution is -2.41. The lowest BCUT2D eigenvalue weighted by atomic mass is 10.1. The highest BCUT2D eigenvalue weighted by molar-refractivity contribution is 7.20. The number of thiophene rings is 1. The second-order valence-electron chi connectivity index (χ2n) is 8.10. The number of fused-ring (bicyclic) bond motifs is 1. The Morgan fingerprint density at radius 1 is 0.938 bits per heavy atom. The molecule has 5 rings (SSSR count). The third kappa shape index (κ3) is 3.96. The molecule has 0 unspecified atom stereocenters. The Balaban J connectivity index is 1.30. The molecule has 0 aromatic carbocycles. The average molecular weight is 473 g/mol. The Morgan fingerprint density at radius 2 is 1.62 bits per heavy atom. The van der Waals surface area contributed by atoms with Crippen molar-refractivity contribution in [1.82, 2.24) is 25.8 Å². The summed E-state index contributed by atoms with van der Waals surface area (Å²) in [4.78, 5) is 43.4. The Morgan fingerprint density at radius 3 is 2.31 bits per heavy atom. The summed E-state index contributed by atoms with van der Waals surface area (Å²) in [5.41, 5.74) is 7.46. The summed E-state index contributed by atoms with van der Waals surface area (Å²) in [5.74, 6) is 0.579. The average Bonchev–Trinajstić information content (AvgIpc) is 3.49. The molecule has 2 fully saturated rings. The van der Waals surface area contributed by atoms with E-state index in [-0.39, 0.29) is 11.8 Å². The van der Waals surface area contributed by atoms with Crippen molar-refractivity contribution in [2.75, 3.05) is 31.2 Å². The van der Waals surface area contributed by atoms with E-state index in [9.17, 15) is 9.59 Å². The van der Waals surface area contributed by atoms with E-state index in [2.05, 4.69) is 30.7 Å².